The quantitative estimate of drug-likeness (QED) is 0.530. The van der Waals surface area contributed by atoms with E-state index in [9.17, 15) is 19.5 Å². The Labute approximate surface area is 199 Å². The van der Waals surface area contributed by atoms with Crippen LogP contribution in [0.4, 0.5) is 11.4 Å². The summed E-state index contributed by atoms with van der Waals surface area (Å²) in [4.78, 5) is 43.7. The van der Waals surface area contributed by atoms with E-state index in [-0.39, 0.29) is 29.6 Å². The van der Waals surface area contributed by atoms with Crippen molar-refractivity contribution >= 4 is 40.9 Å². The zero-order chi connectivity index (χ0) is 23.9. The number of rotatable bonds is 8. The number of carbonyl (C=O) groups excluding carboxylic acids is 3. The fourth-order valence-electron chi connectivity index (χ4n) is 5.97. The van der Waals surface area contributed by atoms with E-state index in [4.69, 9.17) is 0 Å². The summed E-state index contributed by atoms with van der Waals surface area (Å²) >= 11 is 1.62. The molecule has 1 aromatic carbocycles. The third-order valence-electron chi connectivity index (χ3n) is 7.54. The molecule has 0 aliphatic carbocycles. The predicted molar refractivity (Wildman–Crippen MR) is 130 cm³/mol. The van der Waals surface area contributed by atoms with Crippen LogP contribution in [-0.4, -0.2) is 76.6 Å². The van der Waals surface area contributed by atoms with Crippen LogP contribution in [0.2, 0.25) is 0 Å². The molecular formula is C24H34N4O4S. The van der Waals surface area contributed by atoms with Crippen molar-refractivity contribution in [3.05, 3.63) is 24.3 Å². The number of aliphatic hydroxyl groups is 1. The minimum Gasteiger partial charge on any atom is -0.394 e. The molecule has 3 fully saturated rings. The van der Waals surface area contributed by atoms with Crippen LogP contribution in [0.3, 0.4) is 0 Å². The van der Waals surface area contributed by atoms with Crippen molar-refractivity contribution in [2.75, 3.05) is 37.0 Å². The second kappa shape index (κ2) is 9.18. The molecule has 0 saturated carbocycles. The van der Waals surface area contributed by atoms with Crippen LogP contribution in [0.5, 0.6) is 0 Å². The summed E-state index contributed by atoms with van der Waals surface area (Å²) in [5, 5.41) is 15.6. The number of benzene rings is 1. The van der Waals surface area contributed by atoms with E-state index in [2.05, 4.69) is 29.4 Å². The van der Waals surface area contributed by atoms with Crippen molar-refractivity contribution in [3.63, 3.8) is 0 Å². The van der Waals surface area contributed by atoms with E-state index in [0.717, 1.165) is 25.2 Å². The van der Waals surface area contributed by atoms with Gasteiger partial charge in [0.2, 0.25) is 17.7 Å². The number of fused-ring (bicyclic) bond motifs is 1. The summed E-state index contributed by atoms with van der Waals surface area (Å²) in [5.41, 5.74) is 1.75. The lowest BCUT2D eigenvalue weighted by Gasteiger charge is -2.36. The molecule has 3 aliphatic heterocycles. The summed E-state index contributed by atoms with van der Waals surface area (Å²) in [6.07, 6.45) is 1.51. The van der Waals surface area contributed by atoms with E-state index >= 15 is 0 Å². The molecule has 6 atom stereocenters. The first kappa shape index (κ1) is 23.9. The van der Waals surface area contributed by atoms with Crippen LogP contribution in [0.25, 0.3) is 0 Å². The van der Waals surface area contributed by atoms with Gasteiger partial charge in [0.25, 0.3) is 0 Å². The standard InChI is InChI=1S/C24H34N4O4S/c1-5-27(6-2)16-9-7-15(8-10-16)26-22(31)20-24-12-11-17(33-24)18(21(30)25-4)19(24)23(32)28(20)14(3)13-29/h7-10,14,17-20,29H,5-6,11-13H2,1-4H3,(H,25,30)(H,26,31)/t14-,17+,18-,19+,20?,24?/m1/s1. The molecule has 0 radical (unpaired) electrons. The molecule has 180 valence electrons. The molecule has 0 aromatic heterocycles. The number of hydrogen-bond donors (Lipinski definition) is 3. The number of aliphatic hydroxyl groups excluding tert-OH is 1. The van der Waals surface area contributed by atoms with Crippen molar-refractivity contribution in [2.45, 2.75) is 55.7 Å². The van der Waals surface area contributed by atoms with Gasteiger partial charge in [-0.25, -0.2) is 0 Å². The topological polar surface area (TPSA) is 102 Å². The molecule has 3 saturated heterocycles. The van der Waals surface area contributed by atoms with Crippen LogP contribution in [0.1, 0.15) is 33.6 Å². The fraction of sp³-hybridized carbons (Fsp3) is 0.625. The third-order valence-corrected chi connectivity index (χ3v) is 9.49. The maximum atomic E-state index is 13.7. The van der Waals surface area contributed by atoms with Crippen LogP contribution < -0.4 is 15.5 Å². The average molecular weight is 475 g/mol. The van der Waals surface area contributed by atoms with E-state index in [1.165, 1.54) is 4.90 Å². The SMILES string of the molecule is CCN(CC)c1ccc(NC(=O)C2N([C@H](C)CO)C(=O)[C@@H]3[C@H](C(=O)NC)[C@@H]4CCC23S4)cc1. The van der Waals surface area contributed by atoms with Gasteiger partial charge in [-0.05, 0) is 57.9 Å². The Bertz CT molecular complexity index is 922. The Kier molecular flexibility index (Phi) is 6.64. The van der Waals surface area contributed by atoms with Crippen molar-refractivity contribution in [1.29, 1.82) is 0 Å². The maximum Gasteiger partial charge on any atom is 0.248 e. The van der Waals surface area contributed by atoms with Crippen molar-refractivity contribution in [1.82, 2.24) is 10.2 Å². The summed E-state index contributed by atoms with van der Waals surface area (Å²) in [6, 6.07) is 6.48. The first-order chi connectivity index (χ1) is 15.8. The Morgan fingerprint density at radius 3 is 2.48 bits per heavy atom. The van der Waals surface area contributed by atoms with E-state index < -0.39 is 28.7 Å². The molecule has 3 N–H and O–H groups in total. The molecule has 33 heavy (non-hydrogen) atoms. The number of carbonyl (C=O) groups is 3. The highest BCUT2D eigenvalue weighted by Gasteiger charge is 2.73. The number of hydrogen-bond acceptors (Lipinski definition) is 6. The number of nitrogens with zero attached hydrogens (tertiary/aromatic N) is 2. The second-order valence-corrected chi connectivity index (χ2v) is 10.8. The minimum atomic E-state index is -0.732. The maximum absolute atomic E-state index is 13.7. The van der Waals surface area contributed by atoms with Crippen LogP contribution in [0.15, 0.2) is 24.3 Å². The largest absolute Gasteiger partial charge is 0.394 e. The highest BCUT2D eigenvalue weighted by Crippen LogP contribution is 2.66. The van der Waals surface area contributed by atoms with Gasteiger partial charge in [-0.2, -0.15) is 0 Å². The average Bonchev–Trinajstić information content (AvgIpc) is 3.47. The third kappa shape index (κ3) is 3.69. The summed E-state index contributed by atoms with van der Waals surface area (Å²) in [6.45, 7) is 7.51. The molecule has 2 unspecified atom stereocenters. The lowest BCUT2D eigenvalue weighted by atomic mass is 9.71. The normalized spacial score (nSPS) is 30.8. The van der Waals surface area contributed by atoms with Gasteiger partial charge in [0.05, 0.1) is 29.2 Å². The van der Waals surface area contributed by atoms with E-state index in [0.29, 0.717) is 12.1 Å². The van der Waals surface area contributed by atoms with Gasteiger partial charge in [0.1, 0.15) is 6.04 Å². The number of nitrogens with one attached hydrogen (secondary N) is 2. The molecular weight excluding hydrogens is 440 g/mol. The fourth-order valence-corrected chi connectivity index (χ4v) is 8.18. The molecule has 3 aliphatic rings. The first-order valence-corrected chi connectivity index (χ1v) is 12.7. The number of thioether (sulfide) groups is 1. The van der Waals surface area contributed by atoms with Gasteiger partial charge in [0.15, 0.2) is 0 Å². The Morgan fingerprint density at radius 1 is 1.24 bits per heavy atom. The summed E-state index contributed by atoms with van der Waals surface area (Å²) in [7, 11) is 1.59. The monoisotopic (exact) mass is 474 g/mol. The number of likely N-dealkylation sites (tertiary alicyclic amines) is 1. The van der Waals surface area contributed by atoms with Gasteiger partial charge >= 0.3 is 0 Å². The number of anilines is 2. The minimum absolute atomic E-state index is 0.0362. The van der Waals surface area contributed by atoms with Crippen molar-refractivity contribution in [3.8, 4) is 0 Å². The summed E-state index contributed by atoms with van der Waals surface area (Å²) < 4.78 is -0.645. The molecule has 4 rings (SSSR count). The van der Waals surface area contributed by atoms with Crippen molar-refractivity contribution in [2.24, 2.45) is 11.8 Å². The van der Waals surface area contributed by atoms with Gasteiger partial charge in [-0.1, -0.05) is 0 Å². The lowest BCUT2D eigenvalue weighted by molar-refractivity contribution is -0.141. The van der Waals surface area contributed by atoms with Gasteiger partial charge in [-0.3, -0.25) is 14.4 Å². The van der Waals surface area contributed by atoms with Crippen LogP contribution >= 0.6 is 11.8 Å². The lowest BCUT2D eigenvalue weighted by Crippen LogP contribution is -2.54. The molecule has 8 nitrogen and oxygen atoms in total. The zero-order valence-corrected chi connectivity index (χ0v) is 20.5. The van der Waals surface area contributed by atoms with Crippen LogP contribution in [0, 0.1) is 11.8 Å². The number of amides is 3. The van der Waals surface area contributed by atoms with Gasteiger partial charge < -0.3 is 25.5 Å². The molecule has 1 aromatic rings. The highest BCUT2D eigenvalue weighted by atomic mass is 32.2. The van der Waals surface area contributed by atoms with Gasteiger partial charge in [0, 0.05) is 36.8 Å². The molecule has 3 heterocycles. The van der Waals surface area contributed by atoms with Crippen molar-refractivity contribution < 1.29 is 19.5 Å². The molecule has 9 heteroatoms. The predicted octanol–water partition coefficient (Wildman–Crippen LogP) is 1.69. The Hall–Kier alpha value is -2.26. The highest BCUT2D eigenvalue weighted by molar-refractivity contribution is 8.02. The Balaban J connectivity index is 1.64. The zero-order valence-electron chi connectivity index (χ0n) is 19.7. The Morgan fingerprint density at radius 2 is 1.91 bits per heavy atom. The molecule has 1 spiro atoms. The first-order valence-electron chi connectivity index (χ1n) is 11.8. The van der Waals surface area contributed by atoms with Gasteiger partial charge in [-0.15, -0.1) is 11.8 Å². The molecule has 3 amide bonds. The second-order valence-electron chi connectivity index (χ2n) is 9.16. The smallest absolute Gasteiger partial charge is 0.248 e. The van der Waals surface area contributed by atoms with E-state index in [1.807, 2.05) is 24.3 Å². The molecule has 2 bridgehead atoms. The summed E-state index contributed by atoms with van der Waals surface area (Å²) in [5.74, 6) is -1.59. The van der Waals surface area contributed by atoms with Crippen LogP contribution in [-0.2, 0) is 14.4 Å². The van der Waals surface area contributed by atoms with E-state index in [1.54, 1.807) is 25.7 Å².